The lowest BCUT2D eigenvalue weighted by molar-refractivity contribution is 0.169. The average Bonchev–Trinajstić information content (AvgIpc) is 3.00. The van der Waals surface area contributed by atoms with Gasteiger partial charge in [0, 0.05) is 0 Å². The highest BCUT2D eigenvalue weighted by atomic mass is 16.6. The van der Waals surface area contributed by atoms with Crippen LogP contribution >= 0.6 is 0 Å². The second kappa shape index (κ2) is 4.14. The number of carbonyl (C=O) groups is 1. The van der Waals surface area contributed by atoms with Gasteiger partial charge in [0.05, 0.1) is 12.1 Å². The number of hydrogen-bond acceptors (Lipinski definition) is 2. The molecule has 2 rings (SSSR count). The number of hydrogen-bond donors (Lipinski definition) is 2. The maximum Gasteiger partial charge on any atom is 0.405 e. The second-order valence-corrected chi connectivity index (χ2v) is 4.33. The van der Waals surface area contributed by atoms with Crippen molar-refractivity contribution in [3.05, 3.63) is 35.9 Å². The monoisotopic (exact) mass is 221 g/mol. The molecule has 2 atom stereocenters. The second-order valence-electron chi connectivity index (χ2n) is 4.33. The van der Waals surface area contributed by atoms with Crippen LogP contribution in [0.2, 0.25) is 0 Å². The van der Waals surface area contributed by atoms with Crippen LogP contribution in [0.25, 0.3) is 0 Å². The van der Waals surface area contributed by atoms with Crippen molar-refractivity contribution in [2.45, 2.75) is 25.0 Å². The van der Waals surface area contributed by atoms with E-state index in [1.54, 1.807) is 0 Å². The van der Waals surface area contributed by atoms with E-state index in [4.69, 9.17) is 9.84 Å². The van der Waals surface area contributed by atoms with E-state index in [1.807, 2.05) is 37.3 Å². The zero-order valence-electron chi connectivity index (χ0n) is 9.14. The first kappa shape index (κ1) is 11.0. The lowest BCUT2D eigenvalue weighted by atomic mass is 9.90. The Morgan fingerprint density at radius 2 is 2.19 bits per heavy atom. The van der Waals surface area contributed by atoms with E-state index in [2.05, 4.69) is 5.32 Å². The minimum atomic E-state index is -1.01. The van der Waals surface area contributed by atoms with Gasteiger partial charge in [-0.25, -0.2) is 4.79 Å². The van der Waals surface area contributed by atoms with Gasteiger partial charge >= 0.3 is 6.09 Å². The van der Waals surface area contributed by atoms with E-state index in [9.17, 15) is 4.79 Å². The molecule has 1 aliphatic heterocycles. The van der Waals surface area contributed by atoms with Gasteiger partial charge in [-0.05, 0) is 18.9 Å². The Morgan fingerprint density at radius 3 is 2.69 bits per heavy atom. The average molecular weight is 221 g/mol. The molecule has 86 valence electrons. The minimum Gasteiger partial charge on any atom is -0.465 e. The summed E-state index contributed by atoms with van der Waals surface area (Å²) in [5.74, 6) is 0. The third-order valence-corrected chi connectivity index (χ3v) is 2.85. The lowest BCUT2D eigenvalue weighted by Crippen LogP contribution is -2.51. The van der Waals surface area contributed by atoms with Crippen molar-refractivity contribution in [2.75, 3.05) is 6.61 Å². The van der Waals surface area contributed by atoms with Crippen LogP contribution in [0.4, 0.5) is 4.79 Å². The molecule has 0 aliphatic carbocycles. The fourth-order valence-electron chi connectivity index (χ4n) is 1.92. The summed E-state index contributed by atoms with van der Waals surface area (Å²) in [4.78, 5) is 10.8. The molecule has 0 aromatic heterocycles. The number of nitrogens with one attached hydrogen (secondary N) is 1. The van der Waals surface area contributed by atoms with Crippen LogP contribution in [0.5, 0.6) is 0 Å². The van der Waals surface area contributed by atoms with Gasteiger partial charge in [-0.1, -0.05) is 30.3 Å². The maximum atomic E-state index is 10.8. The van der Waals surface area contributed by atoms with E-state index in [0.29, 0.717) is 13.0 Å². The molecule has 16 heavy (non-hydrogen) atoms. The van der Waals surface area contributed by atoms with Gasteiger partial charge in [0.2, 0.25) is 0 Å². The van der Waals surface area contributed by atoms with Crippen LogP contribution in [0.15, 0.2) is 30.3 Å². The van der Waals surface area contributed by atoms with Crippen molar-refractivity contribution in [1.29, 1.82) is 0 Å². The van der Waals surface area contributed by atoms with Crippen LogP contribution in [0.3, 0.4) is 0 Å². The summed E-state index contributed by atoms with van der Waals surface area (Å²) in [6.45, 7) is 2.51. The van der Waals surface area contributed by atoms with Crippen LogP contribution in [-0.4, -0.2) is 29.4 Å². The van der Waals surface area contributed by atoms with Gasteiger partial charge in [-0.3, -0.25) is 0 Å². The molecule has 2 N–H and O–H groups in total. The Bertz CT molecular complexity index is 375. The molecule has 4 heteroatoms. The van der Waals surface area contributed by atoms with Gasteiger partial charge < -0.3 is 15.2 Å². The standard InChI is InChI=1S/C12H15NO3/c1-12(10-8-16-10,13-11(14)15)7-9-5-3-2-4-6-9/h2-6,10,13H,7-8H2,1H3,(H,14,15)/t10-,12?/m0/s1. The number of ether oxygens (including phenoxy) is 1. The maximum absolute atomic E-state index is 10.8. The summed E-state index contributed by atoms with van der Waals surface area (Å²) in [6.07, 6.45) is -0.372. The zero-order valence-corrected chi connectivity index (χ0v) is 9.14. The number of benzene rings is 1. The predicted octanol–water partition coefficient (Wildman–Crippen LogP) is 1.65. The molecule has 1 aromatic rings. The van der Waals surface area contributed by atoms with Gasteiger partial charge in [0.1, 0.15) is 6.10 Å². The Morgan fingerprint density at radius 1 is 1.56 bits per heavy atom. The first-order valence-electron chi connectivity index (χ1n) is 5.27. The summed E-state index contributed by atoms with van der Waals surface area (Å²) >= 11 is 0. The summed E-state index contributed by atoms with van der Waals surface area (Å²) in [5.41, 5.74) is 0.571. The molecule has 0 bridgehead atoms. The molecule has 1 saturated heterocycles. The molecule has 0 spiro atoms. The van der Waals surface area contributed by atoms with Crippen molar-refractivity contribution in [3.63, 3.8) is 0 Å². The molecule has 1 fully saturated rings. The Hall–Kier alpha value is -1.55. The van der Waals surface area contributed by atoms with E-state index in [1.165, 1.54) is 0 Å². The third-order valence-electron chi connectivity index (χ3n) is 2.85. The highest BCUT2D eigenvalue weighted by molar-refractivity contribution is 5.66. The predicted molar refractivity (Wildman–Crippen MR) is 59.5 cm³/mol. The normalized spacial score (nSPS) is 22.2. The van der Waals surface area contributed by atoms with E-state index in [0.717, 1.165) is 5.56 Å². The molecule has 1 heterocycles. The van der Waals surface area contributed by atoms with Crippen molar-refractivity contribution in [2.24, 2.45) is 0 Å². The number of rotatable bonds is 4. The highest BCUT2D eigenvalue weighted by Gasteiger charge is 2.44. The molecule has 0 radical (unpaired) electrons. The summed E-state index contributed by atoms with van der Waals surface area (Å²) in [5, 5.41) is 11.4. The van der Waals surface area contributed by atoms with E-state index in [-0.39, 0.29) is 6.10 Å². The fraction of sp³-hybridized carbons (Fsp3) is 0.417. The number of epoxide rings is 1. The van der Waals surface area contributed by atoms with Gasteiger partial charge in [0.25, 0.3) is 0 Å². The molecule has 1 aliphatic rings. The molecule has 1 amide bonds. The first-order chi connectivity index (χ1) is 7.60. The van der Waals surface area contributed by atoms with Crippen molar-refractivity contribution >= 4 is 6.09 Å². The summed E-state index contributed by atoms with van der Waals surface area (Å²) in [6, 6.07) is 9.82. The van der Waals surface area contributed by atoms with Crippen molar-refractivity contribution < 1.29 is 14.6 Å². The SMILES string of the molecule is CC(Cc1ccccc1)(NC(=O)O)[C@@H]1CO1. The largest absolute Gasteiger partial charge is 0.465 e. The summed E-state index contributed by atoms with van der Waals surface area (Å²) in [7, 11) is 0. The van der Waals surface area contributed by atoms with Gasteiger partial charge in [-0.2, -0.15) is 0 Å². The van der Waals surface area contributed by atoms with Crippen LogP contribution in [0, 0.1) is 0 Å². The van der Waals surface area contributed by atoms with E-state index < -0.39 is 11.6 Å². The molecule has 4 nitrogen and oxygen atoms in total. The quantitative estimate of drug-likeness (QED) is 0.760. The first-order valence-corrected chi connectivity index (χ1v) is 5.27. The lowest BCUT2D eigenvalue weighted by Gasteiger charge is -2.27. The smallest absolute Gasteiger partial charge is 0.405 e. The minimum absolute atomic E-state index is 0.0104. The third kappa shape index (κ3) is 2.52. The molecule has 1 unspecified atom stereocenters. The number of carboxylic acid groups (broad SMARTS) is 1. The topological polar surface area (TPSA) is 61.9 Å². The van der Waals surface area contributed by atoms with Crippen molar-refractivity contribution in [3.8, 4) is 0 Å². The van der Waals surface area contributed by atoms with Crippen LogP contribution < -0.4 is 5.32 Å². The Kier molecular flexibility index (Phi) is 2.83. The van der Waals surface area contributed by atoms with Crippen molar-refractivity contribution in [1.82, 2.24) is 5.32 Å². The molecular formula is C12H15NO3. The van der Waals surface area contributed by atoms with E-state index >= 15 is 0 Å². The van der Waals surface area contributed by atoms with Gasteiger partial charge in [-0.15, -0.1) is 0 Å². The molecule has 0 saturated carbocycles. The Balaban J connectivity index is 2.11. The number of amides is 1. The fourth-order valence-corrected chi connectivity index (χ4v) is 1.92. The van der Waals surface area contributed by atoms with Crippen LogP contribution in [-0.2, 0) is 11.2 Å². The Labute approximate surface area is 94.2 Å². The molecule has 1 aromatic carbocycles. The van der Waals surface area contributed by atoms with Crippen LogP contribution in [0.1, 0.15) is 12.5 Å². The zero-order chi connectivity index (χ0) is 11.6. The highest BCUT2D eigenvalue weighted by Crippen LogP contribution is 2.28. The van der Waals surface area contributed by atoms with Gasteiger partial charge in [0.15, 0.2) is 0 Å². The molecular weight excluding hydrogens is 206 g/mol. The summed E-state index contributed by atoms with van der Waals surface area (Å²) < 4.78 is 5.22.